The number of rotatable bonds is 8. The average Bonchev–Trinajstić information content (AvgIpc) is 3.63. The van der Waals surface area contributed by atoms with Gasteiger partial charge in [0.25, 0.3) is 14.2 Å². The van der Waals surface area contributed by atoms with Crippen LogP contribution in [0.25, 0.3) is 10.9 Å². The second kappa shape index (κ2) is 10.9. The number of alkyl halides is 1. The van der Waals surface area contributed by atoms with Gasteiger partial charge in [-0.2, -0.15) is 0 Å². The van der Waals surface area contributed by atoms with Gasteiger partial charge < -0.3 is 44.1 Å². The zero-order valence-corrected chi connectivity index (χ0v) is 28.9. The van der Waals surface area contributed by atoms with E-state index >= 15 is 0 Å². The molecule has 2 aliphatic heterocycles. The molecule has 3 atom stereocenters. The highest BCUT2D eigenvalue weighted by atomic mass is 79.9. The Morgan fingerprint density at radius 3 is 2.33 bits per heavy atom. The second-order valence-corrected chi connectivity index (χ2v) is 18.5. The molecule has 234 valence electrons. The van der Waals surface area contributed by atoms with E-state index in [0.717, 1.165) is 10.9 Å². The molecule has 2 aliphatic rings. The molecular formula is C31H42BrN3O7Si. The monoisotopic (exact) mass is 675 g/mol. The number of carbonyl (C=O) groups excluding carboxylic acids is 1. The van der Waals surface area contributed by atoms with Crippen LogP contribution in [0.1, 0.15) is 61.3 Å². The summed E-state index contributed by atoms with van der Waals surface area (Å²) < 4.78 is 23.5. The van der Waals surface area contributed by atoms with Gasteiger partial charge in [-0.1, -0.05) is 36.7 Å². The van der Waals surface area contributed by atoms with Crippen LogP contribution in [0.4, 0.5) is 11.4 Å². The van der Waals surface area contributed by atoms with Gasteiger partial charge in [0.15, 0.2) is 11.5 Å². The van der Waals surface area contributed by atoms with Crippen LogP contribution in [0, 0.1) is 0 Å². The van der Waals surface area contributed by atoms with E-state index in [1.807, 2.05) is 6.07 Å². The van der Waals surface area contributed by atoms with Gasteiger partial charge in [0.1, 0.15) is 17.5 Å². The minimum atomic E-state index is -2.33. The number of ether oxygens (including phenoxy) is 3. The number of aromatic amines is 1. The number of methoxy groups -OCH3 is 3. The van der Waals surface area contributed by atoms with E-state index in [1.165, 1.54) is 7.11 Å². The number of fused-ring (bicyclic) bond motifs is 4. The molecule has 3 heterocycles. The third kappa shape index (κ3) is 4.86. The molecule has 0 bridgehead atoms. The number of hydrogen-bond acceptors (Lipinski definition) is 8. The lowest BCUT2D eigenvalue weighted by Gasteiger charge is -2.37. The summed E-state index contributed by atoms with van der Waals surface area (Å²) in [6.07, 6.45) is -1.00. The molecule has 2 aromatic carbocycles. The van der Waals surface area contributed by atoms with Crippen LogP contribution in [0.5, 0.6) is 23.0 Å². The van der Waals surface area contributed by atoms with Gasteiger partial charge in [-0.3, -0.25) is 4.79 Å². The van der Waals surface area contributed by atoms with Crippen LogP contribution in [0.2, 0.25) is 18.1 Å². The molecule has 4 N–H and O–H groups in total. The molecule has 3 aromatic rings. The molecule has 0 saturated carbocycles. The fourth-order valence-electron chi connectivity index (χ4n) is 5.78. The predicted molar refractivity (Wildman–Crippen MR) is 175 cm³/mol. The number of hydrogen-bond donors (Lipinski definition) is 4. The first-order chi connectivity index (χ1) is 20.2. The zero-order chi connectivity index (χ0) is 31.6. The van der Waals surface area contributed by atoms with E-state index in [4.69, 9.17) is 18.6 Å². The summed E-state index contributed by atoms with van der Waals surface area (Å²) in [5.41, 5.74) is 2.91. The van der Waals surface area contributed by atoms with Crippen LogP contribution < -0.4 is 28.9 Å². The maximum atomic E-state index is 14.3. The highest BCUT2D eigenvalue weighted by Crippen LogP contribution is 2.56. The van der Waals surface area contributed by atoms with Crippen molar-refractivity contribution >= 4 is 52.4 Å². The lowest BCUT2D eigenvalue weighted by molar-refractivity contribution is 0.0745. The number of anilines is 2. The molecule has 0 unspecified atom stereocenters. The number of aliphatic hydroxyl groups is 2. The molecule has 1 amide bonds. The first kappa shape index (κ1) is 31.5. The number of amides is 1. The van der Waals surface area contributed by atoms with Gasteiger partial charge >= 0.3 is 0 Å². The van der Waals surface area contributed by atoms with E-state index < -0.39 is 20.0 Å². The Bertz CT molecular complexity index is 1580. The van der Waals surface area contributed by atoms with Crippen molar-refractivity contribution in [2.24, 2.45) is 0 Å². The summed E-state index contributed by atoms with van der Waals surface area (Å²) in [6, 6.07) is 5.51. The second-order valence-electron chi connectivity index (χ2n) is 13.1. The van der Waals surface area contributed by atoms with Crippen molar-refractivity contribution < 1.29 is 33.6 Å². The first-order valence-corrected chi connectivity index (χ1v) is 18.4. The number of benzene rings is 2. The molecule has 0 radical (unpaired) electrons. The van der Waals surface area contributed by atoms with Crippen LogP contribution in [-0.2, 0) is 0 Å². The van der Waals surface area contributed by atoms with E-state index in [0.29, 0.717) is 63.0 Å². The number of carbonyl (C=O) groups is 1. The molecule has 43 heavy (non-hydrogen) atoms. The van der Waals surface area contributed by atoms with Crippen molar-refractivity contribution in [2.45, 2.75) is 63.4 Å². The topological polar surface area (TPSA) is 126 Å². The Morgan fingerprint density at radius 1 is 1.09 bits per heavy atom. The molecule has 0 spiro atoms. The highest BCUT2D eigenvalue weighted by molar-refractivity contribution is 9.09. The van der Waals surface area contributed by atoms with Gasteiger partial charge in [-0.25, -0.2) is 0 Å². The molecule has 10 nitrogen and oxygen atoms in total. The van der Waals surface area contributed by atoms with Crippen molar-refractivity contribution in [3.8, 4) is 23.0 Å². The largest absolute Gasteiger partial charge is 0.542 e. The van der Waals surface area contributed by atoms with Crippen LogP contribution in [0.3, 0.4) is 0 Å². The Hall–Kier alpha value is -2.93. The van der Waals surface area contributed by atoms with Crippen molar-refractivity contribution in [1.82, 2.24) is 4.98 Å². The summed E-state index contributed by atoms with van der Waals surface area (Å²) in [6.45, 7) is 12.7. The van der Waals surface area contributed by atoms with E-state index in [9.17, 15) is 15.0 Å². The summed E-state index contributed by atoms with van der Waals surface area (Å²) in [7, 11) is 2.30. The standard InChI is InChI=1S/C31H42BrN3O7Si/c1-30(2,3)43(8,9)42-20-12-19-22(23-25(20)34-31(4,15-36)28(23)37)17(13-32)14-35(19)29(38)18-10-16-11-21(39-5)26(40-6)27(41-7)24(16)33-18/h10-12,17,28,33-34,36-37H,13-15H2,1-9H3/t17-,28+,31+/m1/s1. The lowest BCUT2D eigenvalue weighted by atomic mass is 9.88. The van der Waals surface area contributed by atoms with Gasteiger partial charge in [-0.15, -0.1) is 0 Å². The Labute approximate surface area is 261 Å². The van der Waals surface area contributed by atoms with Crippen molar-refractivity contribution in [3.05, 3.63) is 35.0 Å². The number of aliphatic hydroxyl groups excluding tert-OH is 2. The summed E-state index contributed by atoms with van der Waals surface area (Å²) in [4.78, 5) is 19.3. The minimum Gasteiger partial charge on any atom is -0.542 e. The maximum Gasteiger partial charge on any atom is 0.274 e. The minimum absolute atomic E-state index is 0.0875. The first-order valence-electron chi connectivity index (χ1n) is 14.3. The van der Waals surface area contributed by atoms with Gasteiger partial charge in [0.05, 0.1) is 50.4 Å². The third-order valence-corrected chi connectivity index (χ3v) is 14.4. The fourth-order valence-corrected chi connectivity index (χ4v) is 7.33. The summed E-state index contributed by atoms with van der Waals surface area (Å²) >= 11 is 3.66. The van der Waals surface area contributed by atoms with Crippen molar-refractivity contribution in [3.63, 3.8) is 0 Å². The number of nitrogens with zero attached hydrogens (tertiary/aromatic N) is 1. The van der Waals surface area contributed by atoms with Crippen LogP contribution >= 0.6 is 15.9 Å². The van der Waals surface area contributed by atoms with Crippen molar-refractivity contribution in [2.75, 3.05) is 50.0 Å². The molecule has 1 aromatic heterocycles. The summed E-state index contributed by atoms with van der Waals surface area (Å²) in [5.74, 6) is 1.62. The number of aromatic nitrogens is 1. The van der Waals surface area contributed by atoms with E-state index in [2.05, 4.69) is 60.1 Å². The third-order valence-electron chi connectivity index (χ3n) is 9.32. The molecule has 0 fully saturated rings. The van der Waals surface area contributed by atoms with Gasteiger partial charge in [0, 0.05) is 34.8 Å². The van der Waals surface area contributed by atoms with E-state index in [-0.39, 0.29) is 23.5 Å². The number of H-pyrrole nitrogens is 1. The fraction of sp³-hybridized carbons (Fsp3) is 0.516. The normalized spacial score (nSPS) is 21.4. The SMILES string of the molecule is COc1cc2cc(C(=O)N3C[C@@H](CBr)c4c3cc(O[Si](C)(C)C(C)(C)C)c3c4[C@H](O)[C@](C)(CO)N3)[nH]c2c(OC)c1OC. The molecule has 0 saturated heterocycles. The smallest absolute Gasteiger partial charge is 0.274 e. The highest BCUT2D eigenvalue weighted by Gasteiger charge is 2.49. The predicted octanol–water partition coefficient (Wildman–Crippen LogP) is 5.93. The summed E-state index contributed by atoms with van der Waals surface area (Å²) in [5, 5.41) is 26.6. The maximum absolute atomic E-state index is 14.3. The van der Waals surface area contributed by atoms with Gasteiger partial charge in [0.2, 0.25) is 5.75 Å². The zero-order valence-electron chi connectivity index (χ0n) is 26.3. The Morgan fingerprint density at radius 2 is 1.77 bits per heavy atom. The molecule has 5 rings (SSSR count). The van der Waals surface area contributed by atoms with Gasteiger partial charge in [-0.05, 0) is 42.8 Å². The Balaban J connectivity index is 1.68. The Kier molecular flexibility index (Phi) is 7.98. The van der Waals surface area contributed by atoms with Crippen molar-refractivity contribution in [1.29, 1.82) is 0 Å². The van der Waals surface area contributed by atoms with Crippen LogP contribution in [-0.4, -0.2) is 74.8 Å². The van der Waals surface area contributed by atoms with E-state index in [1.54, 1.807) is 38.2 Å². The molecular weight excluding hydrogens is 634 g/mol. The molecule has 0 aliphatic carbocycles. The quantitative estimate of drug-likeness (QED) is 0.171. The average molecular weight is 677 g/mol. The number of nitrogens with one attached hydrogen (secondary N) is 2. The number of halogens is 1. The lowest BCUT2D eigenvalue weighted by Crippen LogP contribution is -2.44. The molecule has 12 heteroatoms. The van der Waals surface area contributed by atoms with Crippen LogP contribution in [0.15, 0.2) is 18.2 Å².